The summed E-state index contributed by atoms with van der Waals surface area (Å²) in [6.07, 6.45) is 1.72. The van der Waals surface area contributed by atoms with E-state index >= 15 is 0 Å². The fourth-order valence-electron chi connectivity index (χ4n) is 2.69. The minimum absolute atomic E-state index is 0.0377. The first-order chi connectivity index (χ1) is 12.1. The Hall–Kier alpha value is -3.02. The Balaban J connectivity index is 0.000000186. The van der Waals surface area contributed by atoms with E-state index in [-0.39, 0.29) is 12.6 Å². The Morgan fingerprint density at radius 3 is 2.16 bits per heavy atom. The highest BCUT2D eigenvalue weighted by Crippen LogP contribution is 2.24. The maximum Gasteiger partial charge on any atom is 0.326 e. The Labute approximate surface area is 146 Å². The molecule has 6 heteroatoms. The zero-order chi connectivity index (χ0) is 18.1. The summed E-state index contributed by atoms with van der Waals surface area (Å²) in [6.45, 7) is 0.811. The van der Waals surface area contributed by atoms with Crippen LogP contribution in [-0.4, -0.2) is 41.3 Å². The number of rotatable bonds is 5. The van der Waals surface area contributed by atoms with Crippen molar-refractivity contribution in [3.05, 3.63) is 60.7 Å². The number of hydrogen-bond acceptors (Lipinski definition) is 4. The van der Waals surface area contributed by atoms with Crippen molar-refractivity contribution in [2.45, 2.75) is 18.9 Å². The van der Waals surface area contributed by atoms with Crippen LogP contribution in [0.5, 0.6) is 0 Å². The second-order valence-corrected chi connectivity index (χ2v) is 5.64. The predicted octanol–water partition coefficient (Wildman–Crippen LogP) is 2.92. The summed E-state index contributed by atoms with van der Waals surface area (Å²) in [6, 6.07) is 18.6. The number of nitrogens with one attached hydrogen (secondary N) is 1. The monoisotopic (exact) mass is 342 g/mol. The number of carboxylic acids is 2. The van der Waals surface area contributed by atoms with Gasteiger partial charge in [-0.15, -0.1) is 0 Å². The van der Waals surface area contributed by atoms with Crippen LogP contribution in [0.15, 0.2) is 60.7 Å². The van der Waals surface area contributed by atoms with Gasteiger partial charge >= 0.3 is 11.9 Å². The van der Waals surface area contributed by atoms with Crippen LogP contribution in [0, 0.1) is 0 Å². The molecule has 1 aliphatic rings. The van der Waals surface area contributed by atoms with Gasteiger partial charge in [0.1, 0.15) is 12.6 Å². The quantitative estimate of drug-likeness (QED) is 0.774. The fraction of sp³-hybridized carbons (Fsp3) is 0.263. The van der Waals surface area contributed by atoms with E-state index in [9.17, 15) is 9.59 Å². The van der Waals surface area contributed by atoms with Crippen molar-refractivity contribution in [3.63, 3.8) is 0 Å². The van der Waals surface area contributed by atoms with Crippen LogP contribution in [0.2, 0.25) is 0 Å². The van der Waals surface area contributed by atoms with Gasteiger partial charge in [0.15, 0.2) is 0 Å². The number of carbonyl (C=O) groups is 2. The van der Waals surface area contributed by atoms with Crippen molar-refractivity contribution in [2.24, 2.45) is 0 Å². The van der Waals surface area contributed by atoms with Gasteiger partial charge in [-0.2, -0.15) is 0 Å². The first kappa shape index (κ1) is 18.3. The van der Waals surface area contributed by atoms with Gasteiger partial charge in [-0.05, 0) is 37.1 Å². The Kier molecular flexibility index (Phi) is 6.83. The van der Waals surface area contributed by atoms with Crippen molar-refractivity contribution in [1.82, 2.24) is 0 Å². The second kappa shape index (κ2) is 9.32. The molecule has 1 heterocycles. The van der Waals surface area contributed by atoms with Gasteiger partial charge in [-0.1, -0.05) is 36.4 Å². The molecular formula is C19H22N2O4. The molecule has 0 radical (unpaired) electrons. The minimum atomic E-state index is -0.853. The maximum absolute atomic E-state index is 10.9. The fourth-order valence-corrected chi connectivity index (χ4v) is 2.69. The standard InChI is InChI=1S/C11H13NO2.C8H9NO2/c13-11(14)10-7-4-8-12(10)9-5-2-1-3-6-9;10-8(11)6-9-7-4-2-1-3-5-7/h1-3,5-6,10H,4,7-8H2,(H,13,14);1-5,9H,6H2,(H,10,11)/t10-;/m0./s1. The highest BCUT2D eigenvalue weighted by Gasteiger charge is 2.30. The van der Waals surface area contributed by atoms with Gasteiger partial charge in [0.05, 0.1) is 0 Å². The molecule has 25 heavy (non-hydrogen) atoms. The minimum Gasteiger partial charge on any atom is -0.480 e. The van der Waals surface area contributed by atoms with Gasteiger partial charge < -0.3 is 20.4 Å². The zero-order valence-corrected chi connectivity index (χ0v) is 13.8. The molecule has 0 spiro atoms. The van der Waals surface area contributed by atoms with Crippen LogP contribution in [-0.2, 0) is 9.59 Å². The van der Waals surface area contributed by atoms with Gasteiger partial charge in [-0.3, -0.25) is 4.79 Å². The Morgan fingerprint density at radius 2 is 1.60 bits per heavy atom. The summed E-state index contributed by atoms with van der Waals surface area (Å²) in [5.41, 5.74) is 1.84. The van der Waals surface area contributed by atoms with E-state index < -0.39 is 11.9 Å². The van der Waals surface area contributed by atoms with Crippen LogP contribution in [0.4, 0.5) is 11.4 Å². The number of carboxylic acid groups (broad SMARTS) is 2. The normalized spacial score (nSPS) is 15.8. The number of nitrogens with zero attached hydrogens (tertiary/aromatic N) is 1. The first-order valence-corrected chi connectivity index (χ1v) is 8.13. The molecule has 132 valence electrons. The molecule has 0 unspecified atom stereocenters. The largest absolute Gasteiger partial charge is 0.480 e. The lowest BCUT2D eigenvalue weighted by atomic mass is 10.2. The third kappa shape index (κ3) is 5.84. The number of anilines is 2. The smallest absolute Gasteiger partial charge is 0.326 e. The Bertz CT molecular complexity index is 676. The molecule has 0 aromatic heterocycles. The molecule has 0 saturated carbocycles. The van der Waals surface area contributed by atoms with Crippen LogP contribution >= 0.6 is 0 Å². The lowest BCUT2D eigenvalue weighted by Gasteiger charge is -2.23. The summed E-state index contributed by atoms with van der Waals surface area (Å²) in [7, 11) is 0. The summed E-state index contributed by atoms with van der Waals surface area (Å²) < 4.78 is 0. The topological polar surface area (TPSA) is 89.9 Å². The molecule has 1 saturated heterocycles. The summed E-state index contributed by atoms with van der Waals surface area (Å²) in [5.74, 6) is -1.57. The van der Waals surface area contributed by atoms with Crippen molar-refractivity contribution in [2.75, 3.05) is 23.3 Å². The Morgan fingerprint density at radius 1 is 1.00 bits per heavy atom. The van der Waals surface area contributed by atoms with E-state index in [1.165, 1.54) is 0 Å². The van der Waals surface area contributed by atoms with Crippen molar-refractivity contribution in [3.8, 4) is 0 Å². The van der Waals surface area contributed by atoms with Gasteiger partial charge in [-0.25, -0.2) is 4.79 Å². The van der Waals surface area contributed by atoms with Gasteiger partial charge in [0.25, 0.3) is 0 Å². The molecule has 6 nitrogen and oxygen atoms in total. The molecule has 1 atom stereocenters. The molecule has 3 N–H and O–H groups in total. The SMILES string of the molecule is O=C(O)CNc1ccccc1.O=C(O)[C@@H]1CCCN1c1ccccc1. The average Bonchev–Trinajstić information content (AvgIpc) is 3.12. The molecule has 3 rings (SSSR count). The highest BCUT2D eigenvalue weighted by molar-refractivity contribution is 5.79. The molecule has 1 aliphatic heterocycles. The van der Waals surface area contributed by atoms with Gasteiger partial charge in [0.2, 0.25) is 0 Å². The van der Waals surface area contributed by atoms with E-state index in [1.807, 2.05) is 65.6 Å². The molecule has 0 amide bonds. The van der Waals surface area contributed by atoms with Crippen LogP contribution < -0.4 is 10.2 Å². The van der Waals surface area contributed by atoms with Crippen molar-refractivity contribution >= 4 is 23.3 Å². The summed E-state index contributed by atoms with van der Waals surface area (Å²) >= 11 is 0. The third-order valence-corrected chi connectivity index (χ3v) is 3.84. The van der Waals surface area contributed by atoms with E-state index in [4.69, 9.17) is 10.2 Å². The van der Waals surface area contributed by atoms with E-state index in [0.717, 1.165) is 30.8 Å². The van der Waals surface area contributed by atoms with Crippen molar-refractivity contribution < 1.29 is 19.8 Å². The maximum atomic E-state index is 10.9. The van der Waals surface area contributed by atoms with E-state index in [1.54, 1.807) is 0 Å². The number of aliphatic carboxylic acids is 2. The lowest BCUT2D eigenvalue weighted by molar-refractivity contribution is -0.138. The van der Waals surface area contributed by atoms with Crippen molar-refractivity contribution in [1.29, 1.82) is 0 Å². The van der Waals surface area contributed by atoms with E-state index in [2.05, 4.69) is 5.32 Å². The number of hydrogen-bond donors (Lipinski definition) is 3. The van der Waals surface area contributed by atoms with E-state index in [0.29, 0.717) is 0 Å². The van der Waals surface area contributed by atoms with Gasteiger partial charge in [0, 0.05) is 17.9 Å². The zero-order valence-electron chi connectivity index (χ0n) is 13.8. The molecule has 2 aromatic rings. The third-order valence-electron chi connectivity index (χ3n) is 3.84. The lowest BCUT2D eigenvalue weighted by Crippen LogP contribution is -2.35. The predicted molar refractivity (Wildman–Crippen MR) is 97.0 cm³/mol. The molecular weight excluding hydrogens is 320 g/mol. The van der Waals surface area contributed by atoms with Crippen LogP contribution in [0.25, 0.3) is 0 Å². The highest BCUT2D eigenvalue weighted by atomic mass is 16.4. The number of para-hydroxylation sites is 2. The molecule has 0 aliphatic carbocycles. The van der Waals surface area contributed by atoms with Crippen LogP contribution in [0.1, 0.15) is 12.8 Å². The van der Waals surface area contributed by atoms with Crippen LogP contribution in [0.3, 0.4) is 0 Å². The number of benzene rings is 2. The summed E-state index contributed by atoms with van der Waals surface area (Å²) in [4.78, 5) is 23.0. The second-order valence-electron chi connectivity index (χ2n) is 5.64. The average molecular weight is 342 g/mol. The molecule has 1 fully saturated rings. The summed E-state index contributed by atoms with van der Waals surface area (Å²) in [5, 5.41) is 20.1. The molecule has 2 aromatic carbocycles. The first-order valence-electron chi connectivity index (χ1n) is 8.13. The molecule has 0 bridgehead atoms.